The third-order valence-electron chi connectivity index (χ3n) is 3.71. The Hall–Kier alpha value is -1.61. The Morgan fingerprint density at radius 2 is 1.90 bits per heavy atom. The quantitative estimate of drug-likeness (QED) is 0.870. The summed E-state index contributed by atoms with van der Waals surface area (Å²) in [5.41, 5.74) is 4.00. The van der Waals surface area contributed by atoms with E-state index in [1.54, 1.807) is 0 Å². The molecular weight excluding hydrogens is 246 g/mol. The third-order valence-corrected chi connectivity index (χ3v) is 3.71. The van der Waals surface area contributed by atoms with Crippen molar-refractivity contribution >= 4 is 0 Å². The molecular formula is C17H25N3. The summed E-state index contributed by atoms with van der Waals surface area (Å²) in [6.07, 6.45) is 5.11. The molecule has 2 rings (SSSR count). The molecule has 1 aromatic carbocycles. The van der Waals surface area contributed by atoms with Crippen molar-refractivity contribution in [2.75, 3.05) is 6.54 Å². The lowest BCUT2D eigenvalue weighted by Gasteiger charge is -2.23. The van der Waals surface area contributed by atoms with E-state index in [4.69, 9.17) is 0 Å². The van der Waals surface area contributed by atoms with Crippen LogP contribution in [-0.2, 0) is 6.54 Å². The average Bonchev–Trinajstić information content (AvgIpc) is 2.86. The summed E-state index contributed by atoms with van der Waals surface area (Å²) in [5.74, 6) is 1.12. The second kappa shape index (κ2) is 6.71. The molecule has 0 aliphatic carbocycles. The summed E-state index contributed by atoms with van der Waals surface area (Å²) in [6.45, 7) is 10.7. The molecule has 20 heavy (non-hydrogen) atoms. The van der Waals surface area contributed by atoms with Crippen molar-refractivity contribution in [1.29, 1.82) is 0 Å². The van der Waals surface area contributed by atoms with Gasteiger partial charge in [0.05, 0.1) is 6.04 Å². The molecule has 1 unspecified atom stereocenters. The minimum Gasteiger partial charge on any atom is -0.333 e. The summed E-state index contributed by atoms with van der Waals surface area (Å²) >= 11 is 0. The maximum Gasteiger partial charge on any atom is 0.130 e. The van der Waals surface area contributed by atoms with Gasteiger partial charge in [-0.1, -0.05) is 32.0 Å². The lowest BCUT2D eigenvalue weighted by Crippen LogP contribution is -2.26. The Balaban J connectivity index is 2.48. The molecule has 0 aliphatic heterocycles. The van der Waals surface area contributed by atoms with E-state index in [-0.39, 0.29) is 6.04 Å². The fourth-order valence-corrected chi connectivity index (χ4v) is 2.82. The number of nitrogens with zero attached hydrogens (tertiary/aromatic N) is 2. The highest BCUT2D eigenvalue weighted by Crippen LogP contribution is 2.27. The Labute approximate surface area is 122 Å². The number of benzene rings is 1. The Morgan fingerprint density at radius 1 is 1.20 bits per heavy atom. The van der Waals surface area contributed by atoms with Crippen LogP contribution >= 0.6 is 0 Å². The van der Waals surface area contributed by atoms with Gasteiger partial charge in [-0.05, 0) is 43.5 Å². The van der Waals surface area contributed by atoms with E-state index >= 15 is 0 Å². The predicted molar refractivity (Wildman–Crippen MR) is 84.0 cm³/mol. The molecule has 3 heteroatoms. The molecule has 0 saturated heterocycles. The maximum absolute atomic E-state index is 4.61. The molecule has 0 fully saturated rings. The van der Waals surface area contributed by atoms with Crippen LogP contribution in [0.25, 0.3) is 0 Å². The molecule has 0 amide bonds. The highest BCUT2D eigenvalue weighted by Gasteiger charge is 2.21. The molecule has 1 aromatic heterocycles. The van der Waals surface area contributed by atoms with Crippen molar-refractivity contribution < 1.29 is 0 Å². The molecule has 1 heterocycles. The first-order valence-electron chi connectivity index (χ1n) is 7.49. The van der Waals surface area contributed by atoms with Crippen molar-refractivity contribution in [3.8, 4) is 0 Å². The summed E-state index contributed by atoms with van der Waals surface area (Å²) in [5, 5.41) is 3.60. The second-order valence-electron chi connectivity index (χ2n) is 5.28. The first-order valence-corrected chi connectivity index (χ1v) is 7.49. The number of hydrogen-bond donors (Lipinski definition) is 1. The SMILES string of the molecule is CCCn1ccnc1C(NCC)c1c(C)cccc1C. The number of hydrogen-bond acceptors (Lipinski definition) is 2. The molecule has 0 radical (unpaired) electrons. The molecule has 108 valence electrons. The smallest absolute Gasteiger partial charge is 0.130 e. The second-order valence-corrected chi connectivity index (χ2v) is 5.28. The van der Waals surface area contributed by atoms with Crippen LogP contribution in [-0.4, -0.2) is 16.1 Å². The molecule has 3 nitrogen and oxygen atoms in total. The number of rotatable bonds is 6. The summed E-state index contributed by atoms with van der Waals surface area (Å²) in [7, 11) is 0. The van der Waals surface area contributed by atoms with E-state index in [0.717, 1.165) is 25.3 Å². The van der Waals surface area contributed by atoms with Gasteiger partial charge in [0.25, 0.3) is 0 Å². The average molecular weight is 271 g/mol. The number of imidazole rings is 1. The summed E-state index contributed by atoms with van der Waals surface area (Å²) in [6, 6.07) is 6.65. The van der Waals surface area contributed by atoms with Crippen LogP contribution in [0.5, 0.6) is 0 Å². The predicted octanol–water partition coefficient (Wildman–Crippen LogP) is 3.61. The van der Waals surface area contributed by atoms with Gasteiger partial charge in [0, 0.05) is 18.9 Å². The zero-order valence-electron chi connectivity index (χ0n) is 13.0. The van der Waals surface area contributed by atoms with E-state index in [0.29, 0.717) is 0 Å². The van der Waals surface area contributed by atoms with E-state index in [1.165, 1.54) is 16.7 Å². The van der Waals surface area contributed by atoms with Crippen LogP contribution in [0.2, 0.25) is 0 Å². The van der Waals surface area contributed by atoms with E-state index in [2.05, 4.69) is 67.0 Å². The van der Waals surface area contributed by atoms with Crippen LogP contribution in [0.4, 0.5) is 0 Å². The lowest BCUT2D eigenvalue weighted by molar-refractivity contribution is 0.541. The van der Waals surface area contributed by atoms with Crippen LogP contribution in [0.3, 0.4) is 0 Å². The van der Waals surface area contributed by atoms with Crippen LogP contribution in [0, 0.1) is 13.8 Å². The van der Waals surface area contributed by atoms with Gasteiger partial charge in [0.15, 0.2) is 0 Å². The molecule has 0 saturated carbocycles. The molecule has 0 bridgehead atoms. The Bertz CT molecular complexity index is 537. The van der Waals surface area contributed by atoms with Gasteiger partial charge in [0.2, 0.25) is 0 Å². The summed E-state index contributed by atoms with van der Waals surface area (Å²) in [4.78, 5) is 4.61. The minimum atomic E-state index is 0.169. The first kappa shape index (κ1) is 14.8. The van der Waals surface area contributed by atoms with Gasteiger partial charge in [-0.25, -0.2) is 4.98 Å². The molecule has 2 aromatic rings. The van der Waals surface area contributed by atoms with Gasteiger partial charge in [0.1, 0.15) is 5.82 Å². The first-order chi connectivity index (χ1) is 9.69. The maximum atomic E-state index is 4.61. The van der Waals surface area contributed by atoms with E-state index in [1.807, 2.05) is 6.20 Å². The third kappa shape index (κ3) is 2.93. The van der Waals surface area contributed by atoms with Gasteiger partial charge in [-0.15, -0.1) is 0 Å². The number of nitrogens with one attached hydrogen (secondary N) is 1. The summed E-state index contributed by atoms with van der Waals surface area (Å²) < 4.78 is 2.26. The van der Waals surface area contributed by atoms with Crippen molar-refractivity contribution in [3.05, 3.63) is 53.1 Å². The fraction of sp³-hybridized carbons (Fsp3) is 0.471. The highest BCUT2D eigenvalue weighted by molar-refractivity contribution is 5.39. The topological polar surface area (TPSA) is 29.9 Å². The zero-order chi connectivity index (χ0) is 14.5. The minimum absolute atomic E-state index is 0.169. The normalized spacial score (nSPS) is 12.6. The largest absolute Gasteiger partial charge is 0.333 e. The fourth-order valence-electron chi connectivity index (χ4n) is 2.82. The Kier molecular flexibility index (Phi) is 4.96. The van der Waals surface area contributed by atoms with E-state index < -0.39 is 0 Å². The van der Waals surface area contributed by atoms with Crippen molar-refractivity contribution in [3.63, 3.8) is 0 Å². The van der Waals surface area contributed by atoms with Gasteiger partial charge in [-0.3, -0.25) is 0 Å². The Morgan fingerprint density at radius 3 is 2.50 bits per heavy atom. The van der Waals surface area contributed by atoms with Crippen molar-refractivity contribution in [1.82, 2.24) is 14.9 Å². The monoisotopic (exact) mass is 271 g/mol. The molecule has 1 atom stereocenters. The van der Waals surface area contributed by atoms with E-state index in [9.17, 15) is 0 Å². The number of aryl methyl sites for hydroxylation is 3. The lowest BCUT2D eigenvalue weighted by atomic mass is 9.95. The zero-order valence-corrected chi connectivity index (χ0v) is 13.0. The molecule has 0 aliphatic rings. The van der Waals surface area contributed by atoms with Crippen molar-refractivity contribution in [2.24, 2.45) is 0 Å². The molecule has 1 N–H and O–H groups in total. The van der Waals surface area contributed by atoms with Gasteiger partial charge < -0.3 is 9.88 Å². The van der Waals surface area contributed by atoms with Gasteiger partial charge >= 0.3 is 0 Å². The van der Waals surface area contributed by atoms with Crippen molar-refractivity contribution in [2.45, 2.75) is 46.7 Å². The standard InChI is InChI=1S/C17H25N3/c1-5-11-20-12-10-19-17(20)16(18-6-2)15-13(3)8-7-9-14(15)4/h7-10,12,16,18H,5-6,11H2,1-4H3. The van der Waals surface area contributed by atoms with Crippen LogP contribution in [0.1, 0.15) is 48.8 Å². The van der Waals surface area contributed by atoms with Crippen LogP contribution < -0.4 is 5.32 Å². The highest BCUT2D eigenvalue weighted by atomic mass is 15.1. The van der Waals surface area contributed by atoms with Gasteiger partial charge in [-0.2, -0.15) is 0 Å². The van der Waals surface area contributed by atoms with Crippen LogP contribution in [0.15, 0.2) is 30.6 Å². The molecule has 0 spiro atoms. The number of aromatic nitrogens is 2.